The number of hydrogen-bond acceptors (Lipinski definition) is 5. The molecular formula is C13H16N2O2S2. The molecule has 0 saturated heterocycles. The predicted octanol–water partition coefficient (Wildman–Crippen LogP) is 1.64. The van der Waals surface area contributed by atoms with Crippen molar-refractivity contribution in [3.63, 3.8) is 0 Å². The molecule has 0 aliphatic heterocycles. The topological polar surface area (TPSA) is 73.0 Å². The standard InChI is InChI=1S/C13H16N2O2S2/c1-19(16,17)12-4-2-10(3-5-12)8-13-15-11(6-7-14)9-18-13/h2-5,9H,6-8,14H2,1H3. The molecule has 102 valence electrons. The van der Waals surface area contributed by atoms with Crippen LogP contribution in [0.1, 0.15) is 16.3 Å². The summed E-state index contributed by atoms with van der Waals surface area (Å²) in [5.41, 5.74) is 7.57. The van der Waals surface area contributed by atoms with E-state index in [4.69, 9.17) is 5.73 Å². The first-order valence-electron chi connectivity index (χ1n) is 5.91. The number of aromatic nitrogens is 1. The summed E-state index contributed by atoms with van der Waals surface area (Å²) in [5, 5.41) is 3.04. The fourth-order valence-corrected chi connectivity index (χ4v) is 3.22. The molecule has 0 fully saturated rings. The van der Waals surface area contributed by atoms with E-state index in [2.05, 4.69) is 4.98 Å². The van der Waals surface area contributed by atoms with Gasteiger partial charge in [-0.25, -0.2) is 13.4 Å². The Morgan fingerprint density at radius 1 is 1.26 bits per heavy atom. The molecular weight excluding hydrogens is 280 g/mol. The van der Waals surface area contributed by atoms with E-state index < -0.39 is 9.84 Å². The average Bonchev–Trinajstić information content (AvgIpc) is 2.77. The van der Waals surface area contributed by atoms with Crippen LogP contribution in [-0.4, -0.2) is 26.2 Å². The maximum atomic E-state index is 11.4. The molecule has 1 aromatic carbocycles. The van der Waals surface area contributed by atoms with Gasteiger partial charge in [-0.05, 0) is 24.2 Å². The van der Waals surface area contributed by atoms with Crippen LogP contribution >= 0.6 is 11.3 Å². The van der Waals surface area contributed by atoms with Crippen molar-refractivity contribution in [3.05, 3.63) is 45.9 Å². The van der Waals surface area contributed by atoms with E-state index in [0.717, 1.165) is 29.1 Å². The highest BCUT2D eigenvalue weighted by molar-refractivity contribution is 7.90. The normalized spacial score (nSPS) is 11.7. The maximum Gasteiger partial charge on any atom is 0.175 e. The Labute approximate surface area is 117 Å². The Hall–Kier alpha value is -1.24. The highest BCUT2D eigenvalue weighted by Gasteiger charge is 2.07. The zero-order chi connectivity index (χ0) is 13.9. The first-order chi connectivity index (χ1) is 8.99. The van der Waals surface area contributed by atoms with Gasteiger partial charge in [-0.2, -0.15) is 0 Å². The van der Waals surface area contributed by atoms with Crippen LogP contribution in [0.3, 0.4) is 0 Å². The molecule has 0 saturated carbocycles. The van der Waals surface area contributed by atoms with Crippen molar-refractivity contribution in [2.45, 2.75) is 17.7 Å². The van der Waals surface area contributed by atoms with Crippen molar-refractivity contribution in [3.8, 4) is 0 Å². The van der Waals surface area contributed by atoms with Gasteiger partial charge in [0.1, 0.15) is 0 Å². The second-order valence-corrected chi connectivity index (χ2v) is 7.32. The Morgan fingerprint density at radius 2 is 1.95 bits per heavy atom. The molecule has 1 heterocycles. The van der Waals surface area contributed by atoms with E-state index in [0.29, 0.717) is 11.4 Å². The second-order valence-electron chi connectivity index (χ2n) is 4.36. The summed E-state index contributed by atoms with van der Waals surface area (Å²) in [6, 6.07) is 6.94. The van der Waals surface area contributed by atoms with Crippen LogP contribution in [-0.2, 0) is 22.7 Å². The van der Waals surface area contributed by atoms with Gasteiger partial charge in [-0.3, -0.25) is 0 Å². The molecule has 0 aliphatic carbocycles. The van der Waals surface area contributed by atoms with Crippen LogP contribution in [0, 0.1) is 0 Å². The molecule has 2 N–H and O–H groups in total. The molecule has 2 aromatic rings. The summed E-state index contributed by atoms with van der Waals surface area (Å²) in [7, 11) is -3.12. The van der Waals surface area contributed by atoms with E-state index in [1.165, 1.54) is 6.26 Å². The fraction of sp³-hybridized carbons (Fsp3) is 0.308. The third-order valence-corrected chi connectivity index (χ3v) is 4.73. The van der Waals surface area contributed by atoms with Gasteiger partial charge in [0, 0.05) is 24.5 Å². The van der Waals surface area contributed by atoms with Crippen LogP contribution in [0.15, 0.2) is 34.5 Å². The molecule has 0 atom stereocenters. The van der Waals surface area contributed by atoms with Crippen molar-refractivity contribution in [1.82, 2.24) is 4.98 Å². The van der Waals surface area contributed by atoms with Gasteiger partial charge in [-0.1, -0.05) is 12.1 Å². The summed E-state index contributed by atoms with van der Waals surface area (Å²) < 4.78 is 22.7. The van der Waals surface area contributed by atoms with Crippen molar-refractivity contribution < 1.29 is 8.42 Å². The molecule has 19 heavy (non-hydrogen) atoms. The van der Waals surface area contributed by atoms with Crippen molar-refractivity contribution >= 4 is 21.2 Å². The minimum atomic E-state index is -3.12. The lowest BCUT2D eigenvalue weighted by Crippen LogP contribution is -2.03. The van der Waals surface area contributed by atoms with Crippen molar-refractivity contribution in [2.24, 2.45) is 5.73 Å². The zero-order valence-electron chi connectivity index (χ0n) is 10.7. The highest BCUT2D eigenvalue weighted by atomic mass is 32.2. The fourth-order valence-electron chi connectivity index (χ4n) is 1.72. The number of thiazole rings is 1. The van der Waals surface area contributed by atoms with E-state index in [9.17, 15) is 8.42 Å². The minimum absolute atomic E-state index is 0.346. The Balaban J connectivity index is 2.10. The van der Waals surface area contributed by atoms with Crippen molar-refractivity contribution in [1.29, 1.82) is 0 Å². The first kappa shape index (κ1) is 14.2. The molecule has 0 radical (unpaired) electrons. The van der Waals surface area contributed by atoms with E-state index in [-0.39, 0.29) is 0 Å². The molecule has 1 aromatic heterocycles. The van der Waals surface area contributed by atoms with Gasteiger partial charge in [-0.15, -0.1) is 11.3 Å². The van der Waals surface area contributed by atoms with E-state index in [1.54, 1.807) is 23.5 Å². The molecule has 0 spiro atoms. The van der Waals surface area contributed by atoms with Crippen LogP contribution in [0.25, 0.3) is 0 Å². The predicted molar refractivity (Wildman–Crippen MR) is 77.2 cm³/mol. The molecule has 6 heteroatoms. The molecule has 4 nitrogen and oxygen atoms in total. The lowest BCUT2D eigenvalue weighted by Gasteiger charge is -2.01. The first-order valence-corrected chi connectivity index (χ1v) is 8.68. The number of sulfone groups is 1. The quantitative estimate of drug-likeness (QED) is 0.910. The van der Waals surface area contributed by atoms with Gasteiger partial charge < -0.3 is 5.73 Å². The number of benzene rings is 1. The third kappa shape index (κ3) is 3.86. The second kappa shape index (κ2) is 5.81. The SMILES string of the molecule is CS(=O)(=O)c1ccc(Cc2nc(CCN)cs2)cc1. The summed E-state index contributed by atoms with van der Waals surface area (Å²) in [5.74, 6) is 0. The largest absolute Gasteiger partial charge is 0.330 e. The maximum absolute atomic E-state index is 11.4. The third-order valence-electron chi connectivity index (χ3n) is 2.71. The number of rotatable bonds is 5. The monoisotopic (exact) mass is 296 g/mol. The number of nitrogens with two attached hydrogens (primary N) is 1. The minimum Gasteiger partial charge on any atom is -0.330 e. The van der Waals surface area contributed by atoms with Gasteiger partial charge in [0.25, 0.3) is 0 Å². The number of hydrogen-bond donors (Lipinski definition) is 1. The van der Waals surface area contributed by atoms with Gasteiger partial charge >= 0.3 is 0 Å². The molecule has 0 amide bonds. The van der Waals surface area contributed by atoms with Crippen LogP contribution in [0.5, 0.6) is 0 Å². The van der Waals surface area contributed by atoms with E-state index >= 15 is 0 Å². The van der Waals surface area contributed by atoms with Gasteiger partial charge in [0.2, 0.25) is 0 Å². The zero-order valence-corrected chi connectivity index (χ0v) is 12.3. The lowest BCUT2D eigenvalue weighted by atomic mass is 10.2. The summed E-state index contributed by atoms with van der Waals surface area (Å²) in [4.78, 5) is 4.83. The van der Waals surface area contributed by atoms with E-state index in [1.807, 2.05) is 17.5 Å². The van der Waals surface area contributed by atoms with Gasteiger partial charge in [0.05, 0.1) is 15.6 Å². The van der Waals surface area contributed by atoms with Crippen LogP contribution in [0.4, 0.5) is 0 Å². The molecule has 0 unspecified atom stereocenters. The smallest absolute Gasteiger partial charge is 0.175 e. The summed E-state index contributed by atoms with van der Waals surface area (Å²) in [6.45, 7) is 0.603. The van der Waals surface area contributed by atoms with Crippen LogP contribution < -0.4 is 5.73 Å². The van der Waals surface area contributed by atoms with Crippen LogP contribution in [0.2, 0.25) is 0 Å². The summed E-state index contributed by atoms with van der Waals surface area (Å²) >= 11 is 1.61. The Kier molecular flexibility index (Phi) is 4.34. The molecule has 0 aliphatic rings. The Morgan fingerprint density at radius 3 is 2.53 bits per heavy atom. The Bertz CT molecular complexity index is 646. The lowest BCUT2D eigenvalue weighted by molar-refractivity contribution is 0.602. The van der Waals surface area contributed by atoms with Crippen molar-refractivity contribution in [2.75, 3.05) is 12.8 Å². The average molecular weight is 296 g/mol. The summed E-state index contributed by atoms with van der Waals surface area (Å²) in [6.07, 6.45) is 2.73. The van der Waals surface area contributed by atoms with Gasteiger partial charge in [0.15, 0.2) is 9.84 Å². The molecule has 0 bridgehead atoms. The number of nitrogens with zero attached hydrogens (tertiary/aromatic N) is 1. The molecule has 2 rings (SSSR count). The highest BCUT2D eigenvalue weighted by Crippen LogP contribution is 2.17.